The van der Waals surface area contributed by atoms with E-state index < -0.39 is 0 Å². The van der Waals surface area contributed by atoms with Crippen LogP contribution in [0.1, 0.15) is 17.7 Å². The Morgan fingerprint density at radius 1 is 0.957 bits per heavy atom. The minimum absolute atomic E-state index is 0.758. The molecule has 1 aliphatic rings. The summed E-state index contributed by atoms with van der Waals surface area (Å²) >= 11 is 0. The fourth-order valence-electron chi connectivity index (χ4n) is 3.12. The summed E-state index contributed by atoms with van der Waals surface area (Å²) in [4.78, 5) is 4.74. The summed E-state index contributed by atoms with van der Waals surface area (Å²) < 4.78 is 11.1. The van der Waals surface area contributed by atoms with E-state index in [1.165, 1.54) is 5.56 Å². The van der Waals surface area contributed by atoms with Crippen molar-refractivity contribution in [3.05, 3.63) is 53.7 Å². The number of anilines is 1. The van der Waals surface area contributed by atoms with Crippen molar-refractivity contribution in [3.8, 4) is 17.2 Å². The highest BCUT2D eigenvalue weighted by atomic mass is 16.5. The highest BCUT2D eigenvalue weighted by Gasteiger charge is 2.18. The van der Waals surface area contributed by atoms with E-state index in [0.717, 1.165) is 58.8 Å². The van der Waals surface area contributed by atoms with Crippen molar-refractivity contribution in [2.24, 2.45) is 0 Å². The average molecular weight is 306 g/mol. The first-order valence-corrected chi connectivity index (χ1v) is 7.77. The van der Waals surface area contributed by atoms with E-state index in [9.17, 15) is 0 Å². The molecule has 1 aromatic heterocycles. The van der Waals surface area contributed by atoms with Crippen LogP contribution in [0.3, 0.4) is 0 Å². The summed E-state index contributed by atoms with van der Waals surface area (Å²) in [6.07, 6.45) is 3.19. The Bertz CT molecular complexity index is 873. The molecule has 0 aliphatic heterocycles. The van der Waals surface area contributed by atoms with Crippen molar-refractivity contribution >= 4 is 16.6 Å². The summed E-state index contributed by atoms with van der Waals surface area (Å²) in [6, 6.07) is 13.4. The molecule has 0 amide bonds. The molecule has 2 aromatic carbocycles. The molecule has 0 radical (unpaired) electrons. The van der Waals surface area contributed by atoms with Crippen molar-refractivity contribution in [1.82, 2.24) is 4.98 Å². The number of nitrogens with two attached hydrogens (primary N) is 1. The van der Waals surface area contributed by atoms with Gasteiger partial charge in [0, 0.05) is 16.8 Å². The monoisotopic (exact) mass is 306 g/mol. The van der Waals surface area contributed by atoms with Crippen molar-refractivity contribution in [2.75, 3.05) is 12.8 Å². The summed E-state index contributed by atoms with van der Waals surface area (Å²) in [5.41, 5.74) is 10.5. The molecular weight excluding hydrogens is 288 g/mol. The summed E-state index contributed by atoms with van der Waals surface area (Å²) in [5, 5.41) is 0.969. The van der Waals surface area contributed by atoms with Gasteiger partial charge in [0.15, 0.2) is 0 Å². The van der Waals surface area contributed by atoms with E-state index in [4.69, 9.17) is 20.2 Å². The van der Waals surface area contributed by atoms with Crippen LogP contribution in [0.2, 0.25) is 0 Å². The molecule has 0 saturated carbocycles. The van der Waals surface area contributed by atoms with E-state index in [1.807, 2.05) is 42.5 Å². The molecule has 0 unspecified atom stereocenters. The van der Waals surface area contributed by atoms with E-state index >= 15 is 0 Å². The van der Waals surface area contributed by atoms with Gasteiger partial charge < -0.3 is 15.2 Å². The third-order valence-electron chi connectivity index (χ3n) is 4.32. The lowest BCUT2D eigenvalue weighted by Crippen LogP contribution is -1.98. The highest BCUT2D eigenvalue weighted by molar-refractivity contribution is 5.93. The van der Waals surface area contributed by atoms with Crippen LogP contribution in [0.25, 0.3) is 10.9 Å². The average Bonchev–Trinajstić information content (AvgIpc) is 3.05. The van der Waals surface area contributed by atoms with Gasteiger partial charge in [0.2, 0.25) is 0 Å². The molecule has 116 valence electrons. The first-order valence-electron chi connectivity index (χ1n) is 7.77. The quantitative estimate of drug-likeness (QED) is 0.791. The van der Waals surface area contributed by atoms with Gasteiger partial charge in [-0.3, -0.25) is 4.98 Å². The highest BCUT2D eigenvalue weighted by Crippen LogP contribution is 2.34. The van der Waals surface area contributed by atoms with E-state index in [-0.39, 0.29) is 0 Å². The molecule has 2 N–H and O–H groups in total. The standard InChI is InChI=1S/C19H18N2O2/c1-22-12-5-7-13(8-6-12)23-14-9-10-18-16(11-14)19(20)15-3-2-4-17(15)21-18/h5-11H,2-4H2,1H3,(H2,20,21). The number of nitrogen functional groups attached to an aromatic ring is 1. The van der Waals surface area contributed by atoms with Crippen molar-refractivity contribution < 1.29 is 9.47 Å². The normalized spacial score (nSPS) is 13.1. The lowest BCUT2D eigenvalue weighted by molar-refractivity contribution is 0.413. The van der Waals surface area contributed by atoms with Gasteiger partial charge in [0.05, 0.1) is 12.6 Å². The van der Waals surface area contributed by atoms with Gasteiger partial charge in [-0.1, -0.05) is 0 Å². The SMILES string of the molecule is COc1ccc(Oc2ccc3nc4c(c(N)c3c2)CCC4)cc1. The molecule has 23 heavy (non-hydrogen) atoms. The Morgan fingerprint density at radius 3 is 2.48 bits per heavy atom. The Morgan fingerprint density at radius 2 is 1.70 bits per heavy atom. The number of fused-ring (bicyclic) bond motifs is 2. The van der Waals surface area contributed by atoms with Crippen LogP contribution in [0.5, 0.6) is 17.2 Å². The second-order valence-corrected chi connectivity index (χ2v) is 5.76. The molecule has 0 saturated heterocycles. The molecule has 0 atom stereocenters. The van der Waals surface area contributed by atoms with E-state index in [2.05, 4.69) is 0 Å². The predicted molar refractivity (Wildman–Crippen MR) is 91.2 cm³/mol. The molecule has 1 heterocycles. The molecule has 4 nitrogen and oxygen atoms in total. The number of pyridine rings is 1. The molecule has 1 aliphatic carbocycles. The van der Waals surface area contributed by atoms with Gasteiger partial charge in [-0.25, -0.2) is 0 Å². The first kappa shape index (κ1) is 13.9. The molecule has 0 fully saturated rings. The summed E-state index contributed by atoms with van der Waals surface area (Å²) in [6.45, 7) is 0. The van der Waals surface area contributed by atoms with Crippen molar-refractivity contribution in [2.45, 2.75) is 19.3 Å². The summed E-state index contributed by atoms with van der Waals surface area (Å²) in [5.74, 6) is 2.33. The smallest absolute Gasteiger partial charge is 0.128 e. The maximum Gasteiger partial charge on any atom is 0.128 e. The maximum absolute atomic E-state index is 6.36. The number of rotatable bonds is 3. The Labute approximate surface area is 134 Å². The maximum atomic E-state index is 6.36. The number of hydrogen-bond acceptors (Lipinski definition) is 4. The number of hydrogen-bond donors (Lipinski definition) is 1. The zero-order valence-corrected chi connectivity index (χ0v) is 13.0. The fourth-order valence-corrected chi connectivity index (χ4v) is 3.12. The number of benzene rings is 2. The zero-order chi connectivity index (χ0) is 15.8. The van der Waals surface area contributed by atoms with Crippen LogP contribution in [-0.2, 0) is 12.8 Å². The minimum atomic E-state index is 0.758. The zero-order valence-electron chi connectivity index (χ0n) is 13.0. The lowest BCUT2D eigenvalue weighted by atomic mass is 10.1. The second kappa shape index (κ2) is 5.47. The van der Waals surface area contributed by atoms with Gasteiger partial charge in [0.1, 0.15) is 17.2 Å². The predicted octanol–water partition coefficient (Wildman–Crippen LogP) is 4.11. The van der Waals surface area contributed by atoms with Crippen LogP contribution in [0.4, 0.5) is 5.69 Å². The van der Waals surface area contributed by atoms with Crippen molar-refractivity contribution in [1.29, 1.82) is 0 Å². The number of ether oxygens (including phenoxy) is 2. The molecule has 0 bridgehead atoms. The third kappa shape index (κ3) is 2.46. The summed E-state index contributed by atoms with van der Waals surface area (Å²) in [7, 11) is 1.65. The molecule has 4 rings (SSSR count). The number of nitrogens with zero attached hydrogens (tertiary/aromatic N) is 1. The van der Waals surface area contributed by atoms with Crippen molar-refractivity contribution in [3.63, 3.8) is 0 Å². The molecule has 0 spiro atoms. The fraction of sp³-hybridized carbons (Fsp3) is 0.211. The van der Waals surface area contributed by atoms with Gasteiger partial charge in [-0.05, 0) is 67.3 Å². The molecule has 4 heteroatoms. The minimum Gasteiger partial charge on any atom is -0.497 e. The Balaban J connectivity index is 1.70. The van der Waals surface area contributed by atoms with Gasteiger partial charge in [0.25, 0.3) is 0 Å². The van der Waals surface area contributed by atoms with E-state index in [0.29, 0.717) is 0 Å². The van der Waals surface area contributed by atoms with Gasteiger partial charge >= 0.3 is 0 Å². The van der Waals surface area contributed by atoms with Crippen LogP contribution >= 0.6 is 0 Å². The Hall–Kier alpha value is -2.75. The van der Waals surface area contributed by atoms with Crippen LogP contribution in [0.15, 0.2) is 42.5 Å². The molecule has 3 aromatic rings. The molecular formula is C19H18N2O2. The first-order chi connectivity index (χ1) is 11.2. The third-order valence-corrected chi connectivity index (χ3v) is 4.32. The van der Waals surface area contributed by atoms with Gasteiger partial charge in [-0.2, -0.15) is 0 Å². The van der Waals surface area contributed by atoms with E-state index in [1.54, 1.807) is 7.11 Å². The van der Waals surface area contributed by atoms with Crippen LogP contribution in [-0.4, -0.2) is 12.1 Å². The number of aromatic nitrogens is 1. The second-order valence-electron chi connectivity index (χ2n) is 5.76. The Kier molecular flexibility index (Phi) is 3.30. The van der Waals surface area contributed by atoms with Gasteiger partial charge in [-0.15, -0.1) is 0 Å². The largest absolute Gasteiger partial charge is 0.497 e. The van der Waals surface area contributed by atoms with Crippen LogP contribution < -0.4 is 15.2 Å². The topological polar surface area (TPSA) is 57.4 Å². The van der Waals surface area contributed by atoms with Crippen LogP contribution in [0, 0.1) is 0 Å². The number of methoxy groups -OCH3 is 1. The lowest BCUT2D eigenvalue weighted by Gasteiger charge is -2.11. The number of aryl methyl sites for hydroxylation is 1.